The number of likely N-dealkylation sites (tertiary alicyclic amines) is 1. The van der Waals surface area contributed by atoms with Crippen LogP contribution in [0.5, 0.6) is 0 Å². The first-order chi connectivity index (χ1) is 6.11. The Morgan fingerprint density at radius 2 is 2.31 bits per heavy atom. The van der Waals surface area contributed by atoms with Crippen molar-refractivity contribution in [3.05, 3.63) is 0 Å². The van der Waals surface area contributed by atoms with Crippen LogP contribution in [0.4, 0.5) is 0 Å². The van der Waals surface area contributed by atoms with Crippen molar-refractivity contribution < 1.29 is 8.42 Å². The fraction of sp³-hybridized carbons (Fsp3) is 1.00. The second-order valence-electron chi connectivity index (χ2n) is 4.35. The predicted molar refractivity (Wildman–Crippen MR) is 50.7 cm³/mol. The van der Waals surface area contributed by atoms with E-state index in [4.69, 9.17) is 11.6 Å². The monoisotopic (exact) mass is 221 g/mol. The zero-order valence-electron chi connectivity index (χ0n) is 7.24. The van der Waals surface area contributed by atoms with Gasteiger partial charge in [0, 0.05) is 24.5 Å². The van der Waals surface area contributed by atoms with Crippen LogP contribution < -0.4 is 0 Å². The average Bonchev–Trinajstić information content (AvgIpc) is 2.68. The molecule has 5 heteroatoms. The Kier molecular flexibility index (Phi) is 1.46. The molecule has 1 saturated carbocycles. The third-order valence-corrected chi connectivity index (χ3v) is 6.33. The number of hydrogen-bond acceptors (Lipinski definition) is 3. The first-order valence-electron chi connectivity index (χ1n) is 4.64. The summed E-state index contributed by atoms with van der Waals surface area (Å²) in [6, 6.07) is 0. The van der Waals surface area contributed by atoms with E-state index >= 15 is 0 Å². The maximum Gasteiger partial charge on any atom is 0.156 e. The highest BCUT2D eigenvalue weighted by Crippen LogP contribution is 2.64. The normalized spacial score (nSPS) is 50.8. The van der Waals surface area contributed by atoms with Gasteiger partial charge >= 0.3 is 0 Å². The zero-order valence-corrected chi connectivity index (χ0v) is 8.81. The molecule has 2 aliphatic heterocycles. The molecule has 74 valence electrons. The Morgan fingerprint density at radius 1 is 1.54 bits per heavy atom. The van der Waals surface area contributed by atoms with Crippen LogP contribution in [-0.4, -0.2) is 48.8 Å². The summed E-state index contributed by atoms with van der Waals surface area (Å²) < 4.78 is 23.1. The lowest BCUT2D eigenvalue weighted by molar-refractivity contribution is 0.0792. The van der Waals surface area contributed by atoms with E-state index in [1.54, 1.807) is 0 Å². The van der Waals surface area contributed by atoms with Gasteiger partial charge in [0.15, 0.2) is 9.84 Å². The molecule has 13 heavy (non-hydrogen) atoms. The number of sulfone groups is 1. The van der Waals surface area contributed by atoms with E-state index in [0.717, 1.165) is 19.5 Å². The molecule has 2 heterocycles. The number of rotatable bonds is 2. The van der Waals surface area contributed by atoms with Gasteiger partial charge in [0.2, 0.25) is 0 Å². The Labute approximate surface area is 83.0 Å². The molecule has 3 atom stereocenters. The molecule has 3 nitrogen and oxygen atoms in total. The summed E-state index contributed by atoms with van der Waals surface area (Å²) in [4.78, 5) is 2.26. The van der Waals surface area contributed by atoms with Crippen molar-refractivity contribution in [2.45, 2.75) is 17.2 Å². The maximum absolute atomic E-state index is 11.5. The molecule has 0 radical (unpaired) electrons. The lowest BCUT2D eigenvalue weighted by Crippen LogP contribution is -2.63. The van der Waals surface area contributed by atoms with E-state index in [-0.39, 0.29) is 10.8 Å². The zero-order chi connectivity index (χ0) is 9.27. The minimum absolute atomic E-state index is 0.0479. The summed E-state index contributed by atoms with van der Waals surface area (Å²) in [7, 11) is -2.73. The van der Waals surface area contributed by atoms with Crippen molar-refractivity contribution in [1.82, 2.24) is 4.90 Å². The van der Waals surface area contributed by atoms with Crippen molar-refractivity contribution in [1.29, 1.82) is 0 Å². The van der Waals surface area contributed by atoms with Crippen molar-refractivity contribution in [3.63, 3.8) is 0 Å². The predicted octanol–water partition coefficient (Wildman–Crippen LogP) is 0.0965. The molecule has 0 amide bonds. The van der Waals surface area contributed by atoms with Crippen LogP contribution in [0, 0.1) is 5.92 Å². The highest BCUT2D eigenvalue weighted by Gasteiger charge is 2.77. The Hall–Kier alpha value is 0.200. The standard InChI is InChI=1S/C8H12ClNO2S/c9-1-2-10-4-7-8(10)3-6(8)5-13(7,11)12/h6-7H,1-5H2/t6?,7-,8?/m1/s1. The highest BCUT2D eigenvalue weighted by molar-refractivity contribution is 7.92. The maximum atomic E-state index is 11.5. The largest absolute Gasteiger partial charge is 0.293 e. The second kappa shape index (κ2) is 2.23. The van der Waals surface area contributed by atoms with Gasteiger partial charge < -0.3 is 0 Å². The number of halogens is 1. The van der Waals surface area contributed by atoms with Crippen molar-refractivity contribution >= 4 is 21.4 Å². The van der Waals surface area contributed by atoms with Gasteiger partial charge in [-0.25, -0.2) is 8.42 Å². The molecule has 3 rings (SSSR count). The Bertz CT molecular complexity index is 355. The highest BCUT2D eigenvalue weighted by atomic mass is 35.5. The second-order valence-corrected chi connectivity index (χ2v) is 6.95. The molecular formula is C8H12ClNO2S. The lowest BCUT2D eigenvalue weighted by Gasteiger charge is -2.46. The lowest BCUT2D eigenvalue weighted by atomic mass is 9.98. The van der Waals surface area contributed by atoms with Gasteiger partial charge in [-0.1, -0.05) is 0 Å². The van der Waals surface area contributed by atoms with Crippen molar-refractivity contribution in [3.8, 4) is 0 Å². The molecule has 0 aromatic rings. The summed E-state index contributed by atoms with van der Waals surface area (Å²) in [5.41, 5.74) is 0.0632. The minimum atomic E-state index is -2.73. The van der Waals surface area contributed by atoms with Gasteiger partial charge in [0.25, 0.3) is 0 Å². The molecule has 0 aromatic carbocycles. The molecule has 2 unspecified atom stereocenters. The van der Waals surface area contributed by atoms with Crippen LogP contribution in [0.15, 0.2) is 0 Å². The molecule has 1 aliphatic carbocycles. The summed E-state index contributed by atoms with van der Waals surface area (Å²) in [5.74, 6) is 1.47. The number of nitrogens with zero attached hydrogens (tertiary/aromatic N) is 1. The molecule has 0 bridgehead atoms. The molecule has 3 aliphatic rings. The van der Waals surface area contributed by atoms with Gasteiger partial charge in [-0.05, 0) is 12.3 Å². The van der Waals surface area contributed by atoms with Crippen LogP contribution >= 0.6 is 11.6 Å². The van der Waals surface area contributed by atoms with Crippen LogP contribution in [0.1, 0.15) is 6.42 Å². The SMILES string of the molecule is O=S1(=O)CC2CC23[C@H]1CN3CCCl. The quantitative estimate of drug-likeness (QED) is 0.621. The van der Waals surface area contributed by atoms with E-state index < -0.39 is 9.84 Å². The van der Waals surface area contributed by atoms with Crippen LogP contribution in [0.25, 0.3) is 0 Å². The first-order valence-corrected chi connectivity index (χ1v) is 6.89. The van der Waals surface area contributed by atoms with E-state index in [1.807, 2.05) is 0 Å². The van der Waals surface area contributed by atoms with E-state index in [9.17, 15) is 8.42 Å². The van der Waals surface area contributed by atoms with Crippen molar-refractivity contribution in [2.24, 2.45) is 5.92 Å². The van der Waals surface area contributed by atoms with Crippen molar-refractivity contribution in [2.75, 3.05) is 24.7 Å². The fourth-order valence-corrected chi connectivity index (χ4v) is 6.03. The van der Waals surface area contributed by atoms with Gasteiger partial charge in [-0.3, -0.25) is 4.90 Å². The fourth-order valence-electron chi connectivity index (χ4n) is 3.16. The molecule has 2 saturated heterocycles. The molecule has 1 spiro atoms. The molecule has 0 aromatic heterocycles. The van der Waals surface area contributed by atoms with Crippen LogP contribution in [0.2, 0.25) is 0 Å². The number of hydrogen-bond donors (Lipinski definition) is 0. The molecule has 0 N–H and O–H groups in total. The molecule has 3 fully saturated rings. The van der Waals surface area contributed by atoms with E-state index in [0.29, 0.717) is 17.6 Å². The topological polar surface area (TPSA) is 37.4 Å². The van der Waals surface area contributed by atoms with Gasteiger partial charge in [0.1, 0.15) is 0 Å². The smallest absolute Gasteiger partial charge is 0.156 e. The Morgan fingerprint density at radius 3 is 2.92 bits per heavy atom. The summed E-state index contributed by atoms with van der Waals surface area (Å²) in [6.45, 7) is 1.58. The van der Waals surface area contributed by atoms with E-state index in [1.165, 1.54) is 0 Å². The van der Waals surface area contributed by atoms with Gasteiger partial charge in [-0.2, -0.15) is 0 Å². The van der Waals surface area contributed by atoms with Gasteiger partial charge in [0.05, 0.1) is 11.0 Å². The van der Waals surface area contributed by atoms with Gasteiger partial charge in [-0.15, -0.1) is 11.6 Å². The average molecular weight is 222 g/mol. The van der Waals surface area contributed by atoms with E-state index in [2.05, 4.69) is 4.90 Å². The summed E-state index contributed by atoms with van der Waals surface area (Å²) in [6.07, 6.45) is 1.09. The van der Waals surface area contributed by atoms with Crippen LogP contribution in [0.3, 0.4) is 0 Å². The number of alkyl halides is 1. The summed E-state index contributed by atoms with van der Waals surface area (Å²) >= 11 is 5.66. The first kappa shape index (κ1) is 8.50. The molecular weight excluding hydrogens is 210 g/mol. The third kappa shape index (κ3) is 0.826. The summed E-state index contributed by atoms with van der Waals surface area (Å²) in [5, 5.41) is -0.0479. The van der Waals surface area contributed by atoms with Crippen LogP contribution in [-0.2, 0) is 9.84 Å². The Balaban J connectivity index is 1.87. The minimum Gasteiger partial charge on any atom is -0.293 e. The third-order valence-electron chi connectivity index (χ3n) is 3.87.